The Bertz CT molecular complexity index is 974. The van der Waals surface area contributed by atoms with E-state index in [0.29, 0.717) is 28.7 Å². The quantitative estimate of drug-likeness (QED) is 0.664. The van der Waals surface area contributed by atoms with Gasteiger partial charge in [0.25, 0.3) is 0 Å². The third kappa shape index (κ3) is 4.73. The number of rotatable bonds is 4. The first kappa shape index (κ1) is 18.2. The van der Waals surface area contributed by atoms with Crippen LogP contribution in [0.1, 0.15) is 17.0 Å². The summed E-state index contributed by atoms with van der Waals surface area (Å²) in [6.07, 6.45) is -4.37. The molecule has 0 radical (unpaired) electrons. The van der Waals surface area contributed by atoms with Crippen LogP contribution < -0.4 is 10.6 Å². The van der Waals surface area contributed by atoms with Gasteiger partial charge in [-0.1, -0.05) is 0 Å². The van der Waals surface area contributed by atoms with E-state index in [4.69, 9.17) is 5.26 Å². The lowest BCUT2D eigenvalue weighted by Gasteiger charge is -2.11. The predicted molar refractivity (Wildman–Crippen MR) is 95.9 cm³/mol. The highest BCUT2D eigenvalue weighted by molar-refractivity contribution is 5.63. The molecule has 5 nitrogen and oxygen atoms in total. The lowest BCUT2D eigenvalue weighted by atomic mass is 10.2. The number of nitrogens with one attached hydrogen (secondary N) is 2. The second-order valence-corrected chi connectivity index (χ2v) is 5.70. The molecule has 8 heteroatoms. The van der Waals surface area contributed by atoms with Crippen LogP contribution in [0.5, 0.6) is 0 Å². The van der Waals surface area contributed by atoms with E-state index >= 15 is 0 Å². The van der Waals surface area contributed by atoms with Gasteiger partial charge in [-0.05, 0) is 55.5 Å². The lowest BCUT2D eigenvalue weighted by molar-refractivity contribution is -0.137. The van der Waals surface area contributed by atoms with Crippen LogP contribution in [-0.2, 0) is 6.18 Å². The van der Waals surface area contributed by atoms with Gasteiger partial charge in [0.1, 0.15) is 17.5 Å². The van der Waals surface area contributed by atoms with E-state index in [1.807, 2.05) is 6.07 Å². The number of halogens is 3. The highest BCUT2D eigenvalue weighted by Crippen LogP contribution is 2.30. The standard InChI is InChI=1S/C19H14F3N5/c1-12-24-17(26-15-6-2-13(11-23)3-7-15)10-18(25-12)27-16-8-4-14(5-9-16)19(20,21)22/h2-10H,1H3,(H2,24,25,26,27). The average Bonchev–Trinajstić information content (AvgIpc) is 2.61. The predicted octanol–water partition coefficient (Wildman–Crippen LogP) is 5.16. The van der Waals surface area contributed by atoms with Gasteiger partial charge in [-0.15, -0.1) is 0 Å². The summed E-state index contributed by atoms with van der Waals surface area (Å²) >= 11 is 0. The minimum atomic E-state index is -4.37. The fourth-order valence-electron chi connectivity index (χ4n) is 2.36. The van der Waals surface area contributed by atoms with Gasteiger partial charge in [0.15, 0.2) is 0 Å². The Morgan fingerprint density at radius 3 is 1.78 bits per heavy atom. The van der Waals surface area contributed by atoms with Crippen LogP contribution in [0.2, 0.25) is 0 Å². The molecule has 3 aromatic rings. The Kier molecular flexibility index (Phi) is 4.94. The SMILES string of the molecule is Cc1nc(Nc2ccc(C#N)cc2)cc(Nc2ccc(C(F)(F)F)cc2)n1. The first-order valence-corrected chi connectivity index (χ1v) is 7.91. The molecule has 136 valence electrons. The molecule has 0 fully saturated rings. The maximum Gasteiger partial charge on any atom is 0.416 e. The van der Waals surface area contributed by atoms with Crippen LogP contribution in [0.3, 0.4) is 0 Å². The molecule has 0 unspecified atom stereocenters. The molecule has 0 bridgehead atoms. The molecule has 0 amide bonds. The largest absolute Gasteiger partial charge is 0.416 e. The summed E-state index contributed by atoms with van der Waals surface area (Å²) in [5, 5.41) is 14.9. The van der Waals surface area contributed by atoms with Crippen LogP contribution in [0.25, 0.3) is 0 Å². The van der Waals surface area contributed by atoms with E-state index in [1.54, 1.807) is 37.3 Å². The first-order chi connectivity index (χ1) is 12.8. The monoisotopic (exact) mass is 369 g/mol. The maximum atomic E-state index is 12.6. The van der Waals surface area contributed by atoms with Crippen LogP contribution in [0.4, 0.5) is 36.2 Å². The average molecular weight is 369 g/mol. The first-order valence-electron chi connectivity index (χ1n) is 7.91. The van der Waals surface area contributed by atoms with Gasteiger partial charge in [-0.2, -0.15) is 18.4 Å². The molecule has 1 aromatic heterocycles. The number of nitrogens with zero attached hydrogens (tertiary/aromatic N) is 3. The van der Waals surface area contributed by atoms with E-state index < -0.39 is 11.7 Å². The van der Waals surface area contributed by atoms with Gasteiger partial charge in [0, 0.05) is 17.4 Å². The van der Waals surface area contributed by atoms with Crippen molar-refractivity contribution < 1.29 is 13.2 Å². The van der Waals surface area contributed by atoms with Crippen molar-refractivity contribution in [2.75, 3.05) is 10.6 Å². The number of hydrogen-bond acceptors (Lipinski definition) is 5. The van der Waals surface area contributed by atoms with E-state index in [2.05, 4.69) is 20.6 Å². The number of benzene rings is 2. The topological polar surface area (TPSA) is 73.6 Å². The number of alkyl halides is 3. The zero-order valence-electron chi connectivity index (χ0n) is 14.2. The normalized spacial score (nSPS) is 10.9. The van der Waals surface area contributed by atoms with Crippen molar-refractivity contribution in [1.82, 2.24) is 9.97 Å². The van der Waals surface area contributed by atoms with Crippen molar-refractivity contribution in [1.29, 1.82) is 5.26 Å². The molecule has 0 aliphatic carbocycles. The van der Waals surface area contributed by atoms with Crippen molar-refractivity contribution in [3.8, 4) is 6.07 Å². The number of aryl methyl sites for hydroxylation is 1. The number of nitriles is 1. The van der Waals surface area contributed by atoms with E-state index in [9.17, 15) is 13.2 Å². The van der Waals surface area contributed by atoms with Crippen molar-refractivity contribution in [3.05, 3.63) is 71.5 Å². The molecule has 0 aliphatic heterocycles. The third-order valence-electron chi connectivity index (χ3n) is 3.61. The number of hydrogen-bond donors (Lipinski definition) is 2. The minimum Gasteiger partial charge on any atom is -0.340 e. The zero-order valence-corrected chi connectivity index (χ0v) is 14.2. The Hall–Kier alpha value is -3.60. The van der Waals surface area contributed by atoms with Gasteiger partial charge in [0.05, 0.1) is 17.2 Å². The molecule has 0 saturated carbocycles. The zero-order chi connectivity index (χ0) is 19.4. The molecule has 27 heavy (non-hydrogen) atoms. The van der Waals surface area contributed by atoms with Gasteiger partial charge >= 0.3 is 6.18 Å². The number of aromatic nitrogens is 2. The summed E-state index contributed by atoms with van der Waals surface area (Å²) < 4.78 is 37.9. The van der Waals surface area contributed by atoms with Crippen molar-refractivity contribution in [2.45, 2.75) is 13.1 Å². The molecule has 2 N–H and O–H groups in total. The van der Waals surface area contributed by atoms with Gasteiger partial charge in [0.2, 0.25) is 0 Å². The summed E-state index contributed by atoms with van der Waals surface area (Å²) in [6, 6.07) is 15.2. The van der Waals surface area contributed by atoms with Crippen molar-refractivity contribution >= 4 is 23.0 Å². The fourth-order valence-corrected chi connectivity index (χ4v) is 2.36. The summed E-state index contributed by atoms with van der Waals surface area (Å²) in [4.78, 5) is 8.53. The van der Waals surface area contributed by atoms with Crippen molar-refractivity contribution in [2.24, 2.45) is 0 Å². The second-order valence-electron chi connectivity index (χ2n) is 5.70. The van der Waals surface area contributed by atoms with E-state index in [1.165, 1.54) is 12.1 Å². The van der Waals surface area contributed by atoms with Crippen LogP contribution >= 0.6 is 0 Å². The molecule has 0 atom stereocenters. The fraction of sp³-hybridized carbons (Fsp3) is 0.105. The Morgan fingerprint density at radius 2 is 1.33 bits per heavy atom. The Balaban J connectivity index is 1.77. The second kappa shape index (κ2) is 7.33. The van der Waals surface area contributed by atoms with E-state index in [-0.39, 0.29) is 0 Å². The van der Waals surface area contributed by atoms with Crippen molar-refractivity contribution in [3.63, 3.8) is 0 Å². The maximum absolute atomic E-state index is 12.6. The molecule has 0 spiro atoms. The highest BCUT2D eigenvalue weighted by Gasteiger charge is 2.29. The summed E-state index contributed by atoms with van der Waals surface area (Å²) in [5.41, 5.74) is 1.05. The summed E-state index contributed by atoms with van der Waals surface area (Å²) in [6.45, 7) is 1.71. The molecule has 1 heterocycles. The van der Waals surface area contributed by atoms with Gasteiger partial charge in [-0.3, -0.25) is 0 Å². The Morgan fingerprint density at radius 1 is 0.852 bits per heavy atom. The van der Waals surface area contributed by atoms with Crippen LogP contribution in [0, 0.1) is 18.3 Å². The molecular weight excluding hydrogens is 355 g/mol. The van der Waals surface area contributed by atoms with Gasteiger partial charge in [-0.25, -0.2) is 9.97 Å². The van der Waals surface area contributed by atoms with Crippen LogP contribution in [-0.4, -0.2) is 9.97 Å². The third-order valence-corrected chi connectivity index (χ3v) is 3.61. The molecule has 3 rings (SSSR count). The smallest absolute Gasteiger partial charge is 0.340 e. The molecular formula is C19H14F3N5. The van der Waals surface area contributed by atoms with Gasteiger partial charge < -0.3 is 10.6 Å². The highest BCUT2D eigenvalue weighted by atomic mass is 19.4. The summed E-state index contributed by atoms with van der Waals surface area (Å²) in [5.74, 6) is 1.45. The molecule has 0 aliphatic rings. The van der Waals surface area contributed by atoms with E-state index in [0.717, 1.165) is 17.8 Å². The number of anilines is 4. The minimum absolute atomic E-state index is 0.443. The Labute approximate surface area is 153 Å². The summed E-state index contributed by atoms with van der Waals surface area (Å²) in [7, 11) is 0. The molecule has 2 aromatic carbocycles. The molecule has 0 saturated heterocycles. The lowest BCUT2D eigenvalue weighted by Crippen LogP contribution is -2.05. The van der Waals surface area contributed by atoms with Crippen LogP contribution in [0.15, 0.2) is 54.6 Å².